The summed E-state index contributed by atoms with van der Waals surface area (Å²) in [5.41, 5.74) is 3.24. The first-order chi connectivity index (χ1) is 13.8. The first-order valence-electron chi connectivity index (χ1n) is 9.93. The van der Waals surface area contributed by atoms with E-state index in [4.69, 9.17) is 0 Å². The van der Waals surface area contributed by atoms with Gasteiger partial charge in [-0.3, -0.25) is 9.79 Å². The van der Waals surface area contributed by atoms with Crippen molar-refractivity contribution in [3.8, 4) is 0 Å². The lowest BCUT2D eigenvalue weighted by molar-refractivity contribution is 0.0827. The Labute approximate surface area is 196 Å². The molecular weight excluding hydrogens is 494 g/mol. The minimum atomic E-state index is -0.203. The highest BCUT2D eigenvalue weighted by molar-refractivity contribution is 14.0. The van der Waals surface area contributed by atoms with Gasteiger partial charge < -0.3 is 15.5 Å². The fraction of sp³-hybridized carbons (Fsp3) is 0.391. The van der Waals surface area contributed by atoms with Crippen molar-refractivity contribution in [2.24, 2.45) is 4.99 Å². The molecule has 0 spiro atoms. The fourth-order valence-corrected chi connectivity index (χ4v) is 2.90. The summed E-state index contributed by atoms with van der Waals surface area (Å²) in [7, 11) is 3.49. The minimum Gasteiger partial charge on any atom is -0.357 e. The number of aliphatic imine (C=N–C) groups is 1. The highest BCUT2D eigenvalue weighted by Crippen LogP contribution is 2.16. The van der Waals surface area contributed by atoms with Crippen LogP contribution in [0.25, 0.3) is 0 Å². The van der Waals surface area contributed by atoms with Gasteiger partial charge in [-0.1, -0.05) is 24.3 Å². The van der Waals surface area contributed by atoms with Gasteiger partial charge in [0.25, 0.3) is 5.91 Å². The summed E-state index contributed by atoms with van der Waals surface area (Å²) in [4.78, 5) is 18.3. The van der Waals surface area contributed by atoms with Crippen molar-refractivity contribution in [2.45, 2.75) is 33.2 Å². The Morgan fingerprint density at radius 2 is 1.93 bits per heavy atom. The maximum atomic E-state index is 13.9. The molecular formula is C23H32FIN4O. The van der Waals surface area contributed by atoms with Crippen LogP contribution in [-0.2, 0) is 6.42 Å². The van der Waals surface area contributed by atoms with E-state index in [1.54, 1.807) is 38.1 Å². The second-order valence-corrected chi connectivity index (χ2v) is 7.29. The summed E-state index contributed by atoms with van der Waals surface area (Å²) in [6, 6.07) is 12.8. The van der Waals surface area contributed by atoms with Crippen LogP contribution in [0.4, 0.5) is 4.39 Å². The van der Waals surface area contributed by atoms with Crippen molar-refractivity contribution < 1.29 is 9.18 Å². The van der Waals surface area contributed by atoms with Crippen LogP contribution < -0.4 is 10.6 Å². The predicted molar refractivity (Wildman–Crippen MR) is 132 cm³/mol. The van der Waals surface area contributed by atoms with E-state index in [2.05, 4.69) is 15.6 Å². The van der Waals surface area contributed by atoms with E-state index < -0.39 is 0 Å². The number of nitrogens with one attached hydrogen (secondary N) is 2. The highest BCUT2D eigenvalue weighted by atomic mass is 127. The van der Waals surface area contributed by atoms with Crippen molar-refractivity contribution in [2.75, 3.05) is 27.2 Å². The maximum Gasteiger partial charge on any atom is 0.253 e. The van der Waals surface area contributed by atoms with Crippen LogP contribution in [0.3, 0.4) is 0 Å². The lowest BCUT2D eigenvalue weighted by Crippen LogP contribution is -2.39. The van der Waals surface area contributed by atoms with Crippen LogP contribution in [0.15, 0.2) is 47.5 Å². The average Bonchev–Trinajstić information content (AvgIpc) is 2.69. The van der Waals surface area contributed by atoms with Gasteiger partial charge in [-0.05, 0) is 62.1 Å². The third kappa shape index (κ3) is 7.59. The Hall–Kier alpha value is -2.16. The second-order valence-electron chi connectivity index (χ2n) is 7.29. The molecule has 2 rings (SSSR count). The molecule has 0 aromatic heterocycles. The van der Waals surface area contributed by atoms with E-state index in [9.17, 15) is 9.18 Å². The molecule has 0 aliphatic heterocycles. The molecule has 0 aliphatic carbocycles. The minimum absolute atomic E-state index is 0. The molecule has 2 N–H and O–H groups in total. The molecule has 2 aromatic rings. The topological polar surface area (TPSA) is 56.7 Å². The van der Waals surface area contributed by atoms with Gasteiger partial charge in [-0.25, -0.2) is 4.39 Å². The fourth-order valence-electron chi connectivity index (χ4n) is 2.90. The number of rotatable bonds is 7. The Kier molecular flexibility index (Phi) is 10.8. The van der Waals surface area contributed by atoms with Crippen molar-refractivity contribution in [1.29, 1.82) is 0 Å². The Bertz CT molecular complexity index is 870. The van der Waals surface area contributed by atoms with E-state index in [-0.39, 0.29) is 41.7 Å². The molecule has 30 heavy (non-hydrogen) atoms. The number of nitrogens with zero attached hydrogens (tertiary/aromatic N) is 2. The largest absolute Gasteiger partial charge is 0.357 e. The van der Waals surface area contributed by atoms with Crippen LogP contribution in [-0.4, -0.2) is 44.0 Å². The molecule has 2 aromatic carbocycles. The Morgan fingerprint density at radius 1 is 1.20 bits per heavy atom. The third-order valence-electron chi connectivity index (χ3n) is 4.64. The highest BCUT2D eigenvalue weighted by Gasteiger charge is 2.10. The molecule has 1 unspecified atom stereocenters. The zero-order valence-corrected chi connectivity index (χ0v) is 20.7. The normalized spacial score (nSPS) is 12.0. The van der Waals surface area contributed by atoms with Gasteiger partial charge in [-0.15, -0.1) is 24.0 Å². The lowest BCUT2D eigenvalue weighted by atomic mass is 10.1. The number of carbonyl (C=O) groups excluding carboxylic acids is 1. The molecule has 1 atom stereocenters. The average molecular weight is 526 g/mol. The predicted octanol–water partition coefficient (Wildman–Crippen LogP) is 4.31. The molecule has 164 valence electrons. The number of carbonyl (C=O) groups is 1. The van der Waals surface area contributed by atoms with Gasteiger partial charge in [0.15, 0.2) is 5.96 Å². The number of aryl methyl sites for hydroxylation is 1. The van der Waals surface area contributed by atoms with E-state index in [1.165, 1.54) is 0 Å². The molecule has 0 fully saturated rings. The number of amides is 1. The Balaban J connectivity index is 0.00000450. The molecule has 0 bridgehead atoms. The van der Waals surface area contributed by atoms with Gasteiger partial charge in [0.2, 0.25) is 0 Å². The summed E-state index contributed by atoms with van der Waals surface area (Å²) in [5.74, 6) is 0.469. The number of guanidine groups is 1. The number of halogens is 2. The molecule has 0 heterocycles. The Morgan fingerprint density at radius 3 is 2.57 bits per heavy atom. The van der Waals surface area contributed by atoms with Gasteiger partial charge in [0, 0.05) is 32.7 Å². The first kappa shape index (κ1) is 25.9. The van der Waals surface area contributed by atoms with Crippen LogP contribution in [0, 0.1) is 12.7 Å². The van der Waals surface area contributed by atoms with Crippen molar-refractivity contribution in [1.82, 2.24) is 15.5 Å². The van der Waals surface area contributed by atoms with Gasteiger partial charge in [0.05, 0.1) is 6.04 Å². The van der Waals surface area contributed by atoms with E-state index >= 15 is 0 Å². The summed E-state index contributed by atoms with van der Waals surface area (Å²) in [6.45, 7) is 7.04. The lowest BCUT2D eigenvalue weighted by Gasteiger charge is -2.18. The van der Waals surface area contributed by atoms with Gasteiger partial charge in [0.1, 0.15) is 5.82 Å². The maximum absolute atomic E-state index is 13.9. The summed E-state index contributed by atoms with van der Waals surface area (Å²) >= 11 is 0. The molecule has 5 nitrogen and oxygen atoms in total. The molecule has 0 radical (unpaired) electrons. The SMILES string of the molecule is CCNC(=NCCc1cccc(C(=O)N(C)C)c1)NC(C)c1ccc(C)c(F)c1.I. The zero-order valence-electron chi connectivity index (χ0n) is 18.3. The van der Waals surface area contributed by atoms with Crippen LogP contribution in [0.5, 0.6) is 0 Å². The second kappa shape index (κ2) is 12.5. The standard InChI is InChI=1S/C23H31FN4O.HI/c1-6-25-23(27-17(3)19-11-10-16(2)21(24)15-19)26-13-12-18-8-7-9-20(14-18)22(29)28(4)5;/h7-11,14-15,17H,6,12-13H2,1-5H3,(H2,25,26,27);1H. The molecule has 7 heteroatoms. The van der Waals surface area contributed by atoms with E-state index in [0.29, 0.717) is 23.6 Å². The monoisotopic (exact) mass is 526 g/mol. The van der Waals surface area contributed by atoms with E-state index in [0.717, 1.165) is 24.1 Å². The summed E-state index contributed by atoms with van der Waals surface area (Å²) < 4.78 is 13.9. The number of hydrogen-bond acceptors (Lipinski definition) is 2. The molecule has 0 saturated heterocycles. The molecule has 0 saturated carbocycles. The van der Waals surface area contributed by atoms with E-state index in [1.807, 2.05) is 44.2 Å². The van der Waals surface area contributed by atoms with Crippen LogP contribution >= 0.6 is 24.0 Å². The third-order valence-corrected chi connectivity index (χ3v) is 4.64. The first-order valence-corrected chi connectivity index (χ1v) is 9.93. The quantitative estimate of drug-likeness (QED) is 0.321. The summed E-state index contributed by atoms with van der Waals surface area (Å²) in [6.07, 6.45) is 0.721. The molecule has 0 aliphatic rings. The smallest absolute Gasteiger partial charge is 0.253 e. The number of hydrogen-bond donors (Lipinski definition) is 2. The van der Waals surface area contributed by atoms with Crippen molar-refractivity contribution >= 4 is 35.8 Å². The van der Waals surface area contributed by atoms with Crippen molar-refractivity contribution in [3.05, 3.63) is 70.5 Å². The number of benzene rings is 2. The van der Waals surface area contributed by atoms with Crippen LogP contribution in [0.1, 0.15) is 46.9 Å². The molecule has 1 amide bonds. The van der Waals surface area contributed by atoms with Crippen molar-refractivity contribution in [3.63, 3.8) is 0 Å². The zero-order chi connectivity index (χ0) is 21.4. The van der Waals surface area contributed by atoms with Gasteiger partial charge in [-0.2, -0.15) is 0 Å². The van der Waals surface area contributed by atoms with Crippen LogP contribution in [0.2, 0.25) is 0 Å². The summed E-state index contributed by atoms with van der Waals surface area (Å²) in [5, 5.41) is 6.55. The van der Waals surface area contributed by atoms with Gasteiger partial charge >= 0.3 is 0 Å².